The van der Waals surface area contributed by atoms with Crippen molar-refractivity contribution in [3.8, 4) is 0 Å². The third kappa shape index (κ3) is 5.93. The summed E-state index contributed by atoms with van der Waals surface area (Å²) in [6.45, 7) is 1.98. The molecule has 154 valence electrons. The first kappa shape index (κ1) is 21.7. The fourth-order valence-corrected chi connectivity index (χ4v) is 2.80. The maximum atomic E-state index is 12.3. The molecule has 3 atom stereocenters. The second-order valence-corrected chi connectivity index (χ2v) is 6.71. The Morgan fingerprint density at radius 2 is 1.83 bits per heavy atom. The summed E-state index contributed by atoms with van der Waals surface area (Å²) in [5.41, 5.74) is 11.2. The van der Waals surface area contributed by atoms with Crippen molar-refractivity contribution in [3.63, 3.8) is 0 Å². The van der Waals surface area contributed by atoms with Crippen molar-refractivity contribution < 1.29 is 24.2 Å². The monoisotopic (exact) mass is 400 g/mol. The number of amidine groups is 1. The van der Waals surface area contributed by atoms with Crippen molar-refractivity contribution in [2.45, 2.75) is 19.4 Å². The summed E-state index contributed by atoms with van der Waals surface area (Å²) in [7, 11) is 0. The lowest BCUT2D eigenvalue weighted by Crippen LogP contribution is -2.41. The van der Waals surface area contributed by atoms with Gasteiger partial charge in [0.05, 0.1) is 12.4 Å². The van der Waals surface area contributed by atoms with E-state index >= 15 is 0 Å². The smallest absolute Gasteiger partial charge is 0.326 e. The minimum Gasteiger partial charge on any atom is -0.494 e. The molecule has 2 unspecified atom stereocenters. The van der Waals surface area contributed by atoms with Gasteiger partial charge < -0.3 is 26.6 Å². The topological polar surface area (TPSA) is 169 Å². The van der Waals surface area contributed by atoms with Crippen molar-refractivity contribution in [1.29, 1.82) is 5.41 Å². The van der Waals surface area contributed by atoms with Gasteiger partial charge in [-0.05, 0) is 42.3 Å². The number of hydrogen-bond donors (Lipinski definition) is 5. The summed E-state index contributed by atoms with van der Waals surface area (Å²) in [6, 6.07) is 4.42. The van der Waals surface area contributed by atoms with E-state index in [1.165, 1.54) is 24.3 Å². The number of carboxylic acid groups (broad SMARTS) is 1. The number of primary amides is 1. The van der Waals surface area contributed by atoms with Gasteiger partial charge in [-0.25, -0.2) is 4.79 Å². The van der Waals surface area contributed by atoms with Crippen molar-refractivity contribution in [1.82, 2.24) is 5.32 Å². The van der Waals surface area contributed by atoms with Crippen LogP contribution >= 0.6 is 0 Å². The Morgan fingerprint density at radius 1 is 1.21 bits per heavy atom. The Bertz CT molecular complexity index is 860. The van der Waals surface area contributed by atoms with Crippen LogP contribution in [0, 0.1) is 17.2 Å². The molecule has 9 nitrogen and oxygen atoms in total. The molecule has 0 saturated carbocycles. The number of rotatable bonds is 9. The van der Waals surface area contributed by atoms with Crippen LogP contribution in [0.15, 0.2) is 48.3 Å². The van der Waals surface area contributed by atoms with Crippen LogP contribution in [-0.2, 0) is 9.53 Å². The number of ether oxygens (including phenoxy) is 1. The van der Waals surface area contributed by atoms with Gasteiger partial charge in [-0.3, -0.25) is 15.0 Å². The second kappa shape index (κ2) is 9.54. The average Bonchev–Trinajstić information content (AvgIpc) is 2.68. The van der Waals surface area contributed by atoms with E-state index in [-0.39, 0.29) is 41.8 Å². The number of nitrogens with one attached hydrogen (secondary N) is 2. The lowest BCUT2D eigenvalue weighted by atomic mass is 9.88. The molecule has 0 aromatic heterocycles. The summed E-state index contributed by atoms with van der Waals surface area (Å²) >= 11 is 0. The van der Waals surface area contributed by atoms with Crippen LogP contribution in [0.1, 0.15) is 34.1 Å². The largest absolute Gasteiger partial charge is 0.494 e. The lowest BCUT2D eigenvalue weighted by Gasteiger charge is -2.22. The molecule has 0 fully saturated rings. The zero-order chi connectivity index (χ0) is 21.6. The first-order chi connectivity index (χ1) is 13.7. The number of aliphatic carboxylic acids is 1. The van der Waals surface area contributed by atoms with Crippen molar-refractivity contribution >= 4 is 23.6 Å². The van der Waals surface area contributed by atoms with Gasteiger partial charge in [-0.1, -0.05) is 13.0 Å². The van der Waals surface area contributed by atoms with E-state index in [4.69, 9.17) is 21.6 Å². The van der Waals surface area contributed by atoms with Gasteiger partial charge in [0.2, 0.25) is 5.91 Å². The van der Waals surface area contributed by atoms with Crippen LogP contribution in [0.5, 0.6) is 0 Å². The highest BCUT2D eigenvalue weighted by atomic mass is 16.5. The van der Waals surface area contributed by atoms with E-state index in [1.54, 1.807) is 12.2 Å². The number of benzene rings is 1. The lowest BCUT2D eigenvalue weighted by molar-refractivity contribution is -0.139. The molecule has 1 aliphatic carbocycles. The van der Waals surface area contributed by atoms with E-state index in [1.807, 2.05) is 13.0 Å². The number of hydrogen-bond acceptors (Lipinski definition) is 5. The number of carbonyl (C=O) groups excluding carboxylic acids is 2. The van der Waals surface area contributed by atoms with Gasteiger partial charge in [0.15, 0.2) is 0 Å². The Labute approximate surface area is 167 Å². The van der Waals surface area contributed by atoms with Gasteiger partial charge in [-0.15, -0.1) is 0 Å². The highest BCUT2D eigenvalue weighted by Gasteiger charge is 2.23. The van der Waals surface area contributed by atoms with Gasteiger partial charge in [-0.2, -0.15) is 0 Å². The normalized spacial score (nSPS) is 19.0. The van der Waals surface area contributed by atoms with E-state index < -0.39 is 23.8 Å². The number of nitrogens with two attached hydrogens (primary N) is 2. The fraction of sp³-hybridized carbons (Fsp3) is 0.300. The van der Waals surface area contributed by atoms with Crippen molar-refractivity contribution in [2.24, 2.45) is 23.3 Å². The van der Waals surface area contributed by atoms with Crippen LogP contribution in [0.25, 0.3) is 0 Å². The Morgan fingerprint density at radius 3 is 2.38 bits per heavy atom. The van der Waals surface area contributed by atoms with Crippen molar-refractivity contribution in [3.05, 3.63) is 59.4 Å². The summed E-state index contributed by atoms with van der Waals surface area (Å²) in [6.07, 6.45) is 5.37. The molecule has 0 aliphatic heterocycles. The predicted molar refractivity (Wildman–Crippen MR) is 106 cm³/mol. The first-order valence-electron chi connectivity index (χ1n) is 8.99. The molecule has 0 spiro atoms. The van der Waals surface area contributed by atoms with Crippen LogP contribution in [0.2, 0.25) is 0 Å². The summed E-state index contributed by atoms with van der Waals surface area (Å²) in [5.74, 6) is -2.07. The molecule has 1 aromatic carbocycles. The zero-order valence-corrected chi connectivity index (χ0v) is 15.9. The molecule has 2 rings (SSSR count). The molecule has 9 heteroatoms. The Balaban J connectivity index is 1.93. The van der Waals surface area contributed by atoms with Gasteiger partial charge >= 0.3 is 5.97 Å². The Kier molecular flexibility index (Phi) is 7.13. The molecule has 0 bridgehead atoms. The third-order valence-electron chi connectivity index (χ3n) is 4.54. The molecule has 7 N–H and O–H groups in total. The van der Waals surface area contributed by atoms with Gasteiger partial charge in [0.25, 0.3) is 5.91 Å². The van der Waals surface area contributed by atoms with Crippen LogP contribution in [-0.4, -0.2) is 41.4 Å². The summed E-state index contributed by atoms with van der Waals surface area (Å²) < 4.78 is 5.58. The third-order valence-corrected chi connectivity index (χ3v) is 4.54. The first-order valence-corrected chi connectivity index (χ1v) is 8.99. The molecule has 1 aromatic rings. The fourth-order valence-electron chi connectivity index (χ4n) is 2.80. The van der Waals surface area contributed by atoms with Gasteiger partial charge in [0.1, 0.15) is 11.8 Å². The van der Waals surface area contributed by atoms with Gasteiger partial charge in [0, 0.05) is 23.5 Å². The van der Waals surface area contributed by atoms with Crippen LogP contribution in [0.4, 0.5) is 0 Å². The summed E-state index contributed by atoms with van der Waals surface area (Å²) in [5, 5.41) is 19.4. The van der Waals surface area contributed by atoms with E-state index in [0.717, 1.165) is 0 Å². The van der Waals surface area contributed by atoms with E-state index in [0.29, 0.717) is 5.76 Å². The second-order valence-electron chi connectivity index (χ2n) is 6.71. The SMILES string of the molecule is CC1C=CC(OCC[C@@H](NC(=O)c2ccc(C(N)=O)cc2)C(=O)O)=CC1C(=N)N. The molecule has 0 radical (unpaired) electrons. The zero-order valence-electron chi connectivity index (χ0n) is 15.9. The summed E-state index contributed by atoms with van der Waals surface area (Å²) in [4.78, 5) is 34.8. The quantitative estimate of drug-likeness (QED) is 0.306. The Hall–Kier alpha value is -3.62. The maximum Gasteiger partial charge on any atom is 0.326 e. The number of amides is 2. The molecule has 1 aliphatic rings. The minimum absolute atomic E-state index is 0.0287. The standard InChI is InChI=1S/C20H24N4O5/c1-11-2-7-14(10-15(11)17(21)22)29-9-8-16(20(27)28)24-19(26)13-5-3-12(4-6-13)18(23)25/h2-7,10-11,15-16H,8-9H2,1H3,(H3,21,22)(H2,23,25)(H,24,26)(H,27,28)/t11?,15?,16-/m1/s1. The average molecular weight is 400 g/mol. The molecule has 0 saturated heterocycles. The van der Waals surface area contributed by atoms with E-state index in [2.05, 4.69) is 5.32 Å². The number of allylic oxidation sites excluding steroid dienone is 2. The molecule has 0 heterocycles. The predicted octanol–water partition coefficient (Wildman–Crippen LogP) is 1.02. The maximum absolute atomic E-state index is 12.3. The van der Waals surface area contributed by atoms with Crippen molar-refractivity contribution in [2.75, 3.05) is 6.61 Å². The molecular weight excluding hydrogens is 376 g/mol. The number of carbonyl (C=O) groups is 3. The van der Waals surface area contributed by atoms with Crippen LogP contribution < -0.4 is 16.8 Å². The van der Waals surface area contributed by atoms with E-state index in [9.17, 15) is 19.5 Å². The molecule has 29 heavy (non-hydrogen) atoms. The molecular formula is C20H24N4O5. The van der Waals surface area contributed by atoms with Crippen LogP contribution in [0.3, 0.4) is 0 Å². The molecule has 2 amide bonds. The highest BCUT2D eigenvalue weighted by molar-refractivity contribution is 5.98. The minimum atomic E-state index is -1.20. The number of carboxylic acids is 1. The highest BCUT2D eigenvalue weighted by Crippen LogP contribution is 2.23.